The topological polar surface area (TPSA) is 0 Å². The van der Waals surface area contributed by atoms with Crippen LogP contribution in [0.25, 0.3) is 0 Å². The molecule has 2 atom stereocenters. The molecular formula is C16H32. The lowest BCUT2D eigenvalue weighted by Crippen LogP contribution is -2.76. The van der Waals surface area contributed by atoms with Gasteiger partial charge in [0, 0.05) is 0 Å². The normalized spacial score (nSPS) is 41.2. The molecule has 1 saturated carbocycles. The largest absolute Gasteiger partial charge is 0.0622 e. The highest BCUT2D eigenvalue weighted by Crippen LogP contribution is 2.82. The third-order valence-corrected chi connectivity index (χ3v) is 7.55. The molecule has 0 aromatic rings. The summed E-state index contributed by atoms with van der Waals surface area (Å²) in [6.45, 7) is 24.5. The molecule has 0 aromatic heterocycles. The van der Waals surface area contributed by atoms with Crippen molar-refractivity contribution < 1.29 is 0 Å². The molecular weight excluding hydrogens is 192 g/mol. The number of hydrogen-bond acceptors (Lipinski definition) is 0. The van der Waals surface area contributed by atoms with Crippen molar-refractivity contribution in [1.82, 2.24) is 0 Å². The van der Waals surface area contributed by atoms with Crippen LogP contribution in [0.5, 0.6) is 0 Å². The summed E-state index contributed by atoms with van der Waals surface area (Å²) < 4.78 is 0. The standard InChI is InChI=1S/C16H32/c1-11(2)15(9)13(5,6)14(7,8)16(15,10)12(3)4/h11-12H,1-10H3. The van der Waals surface area contributed by atoms with Crippen molar-refractivity contribution in [3.63, 3.8) is 0 Å². The molecule has 2 unspecified atom stereocenters. The molecule has 0 radical (unpaired) electrons. The SMILES string of the molecule is CC(C)C1(C)C(C)(C)C(C)(C)C1(C)C(C)C. The Labute approximate surface area is 103 Å². The summed E-state index contributed by atoms with van der Waals surface area (Å²) in [5.74, 6) is 1.48. The average molecular weight is 224 g/mol. The zero-order chi connectivity index (χ0) is 13.2. The summed E-state index contributed by atoms with van der Waals surface area (Å²) in [6, 6.07) is 0. The average Bonchev–Trinajstić information content (AvgIpc) is 2.12. The smallest absolute Gasteiger partial charge is 0.0185 e. The second kappa shape index (κ2) is 3.27. The maximum absolute atomic E-state index is 2.52. The number of rotatable bonds is 2. The van der Waals surface area contributed by atoms with E-state index in [4.69, 9.17) is 0 Å². The predicted octanol–water partition coefficient (Wildman–Crippen LogP) is 5.38. The van der Waals surface area contributed by atoms with Crippen LogP contribution in [0.15, 0.2) is 0 Å². The van der Waals surface area contributed by atoms with Crippen molar-refractivity contribution in [3.05, 3.63) is 0 Å². The molecule has 0 heterocycles. The summed E-state index contributed by atoms with van der Waals surface area (Å²) in [7, 11) is 0. The lowest BCUT2D eigenvalue weighted by Gasteiger charge is -2.81. The molecule has 0 N–H and O–H groups in total. The van der Waals surface area contributed by atoms with Crippen LogP contribution >= 0.6 is 0 Å². The van der Waals surface area contributed by atoms with Gasteiger partial charge in [0.1, 0.15) is 0 Å². The van der Waals surface area contributed by atoms with E-state index < -0.39 is 0 Å². The fourth-order valence-corrected chi connectivity index (χ4v) is 5.18. The van der Waals surface area contributed by atoms with Gasteiger partial charge in [-0.05, 0) is 33.5 Å². The van der Waals surface area contributed by atoms with Gasteiger partial charge in [0.15, 0.2) is 0 Å². The minimum absolute atomic E-state index is 0.410. The van der Waals surface area contributed by atoms with E-state index in [-0.39, 0.29) is 0 Å². The molecule has 1 rings (SSSR count). The van der Waals surface area contributed by atoms with Gasteiger partial charge in [0.2, 0.25) is 0 Å². The summed E-state index contributed by atoms with van der Waals surface area (Å²) in [4.78, 5) is 0. The highest BCUT2D eigenvalue weighted by atomic mass is 14.8. The maximum Gasteiger partial charge on any atom is -0.0185 e. The monoisotopic (exact) mass is 224 g/mol. The minimum Gasteiger partial charge on any atom is -0.0622 e. The Hall–Kier alpha value is 0. The van der Waals surface area contributed by atoms with Crippen molar-refractivity contribution in [2.45, 2.75) is 69.2 Å². The molecule has 0 nitrogen and oxygen atoms in total. The maximum atomic E-state index is 2.52. The highest BCUT2D eigenvalue weighted by Gasteiger charge is 2.76. The molecule has 96 valence electrons. The highest BCUT2D eigenvalue weighted by molar-refractivity contribution is 5.24. The van der Waals surface area contributed by atoms with Crippen LogP contribution in [0.1, 0.15) is 69.2 Å². The van der Waals surface area contributed by atoms with Crippen LogP contribution in [-0.4, -0.2) is 0 Å². The molecule has 1 aliphatic carbocycles. The lowest BCUT2D eigenvalue weighted by molar-refractivity contribution is -0.337. The Kier molecular flexibility index (Phi) is 2.87. The van der Waals surface area contributed by atoms with Crippen LogP contribution < -0.4 is 0 Å². The fraction of sp³-hybridized carbons (Fsp3) is 1.00. The van der Waals surface area contributed by atoms with Crippen molar-refractivity contribution in [2.75, 3.05) is 0 Å². The Balaban J connectivity index is 3.39. The summed E-state index contributed by atoms with van der Waals surface area (Å²) in [5.41, 5.74) is 1.68. The molecule has 1 aliphatic rings. The summed E-state index contributed by atoms with van der Waals surface area (Å²) in [5, 5.41) is 0. The van der Waals surface area contributed by atoms with E-state index in [2.05, 4.69) is 69.2 Å². The third-order valence-electron chi connectivity index (χ3n) is 7.55. The molecule has 0 bridgehead atoms. The van der Waals surface area contributed by atoms with Gasteiger partial charge in [-0.15, -0.1) is 0 Å². The molecule has 16 heavy (non-hydrogen) atoms. The number of hydrogen-bond donors (Lipinski definition) is 0. The van der Waals surface area contributed by atoms with Crippen LogP contribution in [0.3, 0.4) is 0 Å². The summed E-state index contributed by atoms with van der Waals surface area (Å²) in [6.07, 6.45) is 0. The minimum atomic E-state index is 0.410. The van der Waals surface area contributed by atoms with Crippen LogP contribution in [0.2, 0.25) is 0 Å². The predicted molar refractivity (Wildman–Crippen MR) is 73.5 cm³/mol. The Morgan fingerprint density at radius 1 is 0.500 bits per heavy atom. The Bertz CT molecular complexity index is 252. The van der Waals surface area contributed by atoms with Gasteiger partial charge in [-0.2, -0.15) is 0 Å². The quantitative estimate of drug-likeness (QED) is 0.591. The zero-order valence-corrected chi connectivity index (χ0v) is 13.2. The van der Waals surface area contributed by atoms with Gasteiger partial charge < -0.3 is 0 Å². The molecule has 0 saturated heterocycles. The van der Waals surface area contributed by atoms with Crippen molar-refractivity contribution >= 4 is 0 Å². The summed E-state index contributed by atoms with van der Waals surface area (Å²) >= 11 is 0. The first kappa shape index (κ1) is 14.1. The van der Waals surface area contributed by atoms with E-state index in [1.807, 2.05) is 0 Å². The van der Waals surface area contributed by atoms with Crippen molar-refractivity contribution in [2.24, 2.45) is 33.5 Å². The van der Waals surface area contributed by atoms with E-state index in [1.165, 1.54) is 0 Å². The lowest BCUT2D eigenvalue weighted by atomic mass is 9.23. The zero-order valence-electron chi connectivity index (χ0n) is 13.2. The van der Waals surface area contributed by atoms with Gasteiger partial charge in [0.05, 0.1) is 0 Å². The Morgan fingerprint density at radius 3 is 0.812 bits per heavy atom. The van der Waals surface area contributed by atoms with Crippen molar-refractivity contribution in [1.29, 1.82) is 0 Å². The van der Waals surface area contributed by atoms with E-state index in [9.17, 15) is 0 Å². The van der Waals surface area contributed by atoms with Crippen LogP contribution in [-0.2, 0) is 0 Å². The van der Waals surface area contributed by atoms with Gasteiger partial charge in [-0.1, -0.05) is 69.2 Å². The van der Waals surface area contributed by atoms with E-state index >= 15 is 0 Å². The first-order valence-corrected chi connectivity index (χ1v) is 6.89. The molecule has 0 aromatic carbocycles. The van der Waals surface area contributed by atoms with Gasteiger partial charge in [0.25, 0.3) is 0 Å². The Morgan fingerprint density at radius 2 is 0.688 bits per heavy atom. The third kappa shape index (κ3) is 1.03. The van der Waals surface area contributed by atoms with E-state index in [0.717, 1.165) is 11.8 Å². The first-order valence-electron chi connectivity index (χ1n) is 6.89. The van der Waals surface area contributed by atoms with E-state index in [0.29, 0.717) is 21.7 Å². The first-order chi connectivity index (χ1) is 6.89. The molecule has 0 aliphatic heterocycles. The molecule has 0 heteroatoms. The second-order valence-corrected chi connectivity index (χ2v) is 7.96. The van der Waals surface area contributed by atoms with Gasteiger partial charge >= 0.3 is 0 Å². The van der Waals surface area contributed by atoms with E-state index in [1.54, 1.807) is 0 Å². The van der Waals surface area contributed by atoms with Crippen LogP contribution in [0.4, 0.5) is 0 Å². The molecule has 0 amide bonds. The molecule has 0 spiro atoms. The van der Waals surface area contributed by atoms with Gasteiger partial charge in [-0.3, -0.25) is 0 Å². The molecule has 1 fully saturated rings. The second-order valence-electron chi connectivity index (χ2n) is 7.96. The van der Waals surface area contributed by atoms with Crippen LogP contribution in [0, 0.1) is 33.5 Å². The van der Waals surface area contributed by atoms with Gasteiger partial charge in [-0.25, -0.2) is 0 Å². The fourth-order valence-electron chi connectivity index (χ4n) is 5.18. The van der Waals surface area contributed by atoms with Crippen molar-refractivity contribution in [3.8, 4) is 0 Å².